The summed E-state index contributed by atoms with van der Waals surface area (Å²) in [6, 6.07) is 2.47. The second-order valence-electron chi connectivity index (χ2n) is 6.14. The Kier molecular flexibility index (Phi) is 3.13. The number of amides is 1. The second-order valence-corrected chi connectivity index (χ2v) is 6.14. The van der Waals surface area contributed by atoms with Gasteiger partial charge in [0.2, 0.25) is 5.91 Å². The van der Waals surface area contributed by atoms with Crippen LogP contribution in [0.3, 0.4) is 0 Å². The number of carbonyl (C=O) groups excluding carboxylic acids is 1. The molecule has 17 heavy (non-hydrogen) atoms. The number of likely N-dealkylation sites (N-methyl/N-ethyl adjacent to an activating group) is 1. The van der Waals surface area contributed by atoms with Crippen LogP contribution in [0.25, 0.3) is 0 Å². The van der Waals surface area contributed by atoms with Crippen LogP contribution >= 0.6 is 0 Å². The molecule has 1 saturated heterocycles. The van der Waals surface area contributed by atoms with Crippen LogP contribution in [0, 0.1) is 16.7 Å². The van der Waals surface area contributed by atoms with E-state index in [2.05, 4.69) is 24.8 Å². The SMILES string of the molecule is CN1CC(C)(C)CN(C2CC2)C(CC#N)C1=O. The summed E-state index contributed by atoms with van der Waals surface area (Å²) >= 11 is 0. The minimum Gasteiger partial charge on any atom is -0.344 e. The Hall–Kier alpha value is -1.08. The van der Waals surface area contributed by atoms with Gasteiger partial charge in [0.05, 0.1) is 12.5 Å². The van der Waals surface area contributed by atoms with E-state index >= 15 is 0 Å². The fourth-order valence-electron chi connectivity index (χ4n) is 2.85. The van der Waals surface area contributed by atoms with E-state index in [0.717, 1.165) is 13.1 Å². The maximum atomic E-state index is 12.3. The molecule has 94 valence electrons. The van der Waals surface area contributed by atoms with Gasteiger partial charge in [0.1, 0.15) is 6.04 Å². The predicted octanol–water partition coefficient (Wildman–Crippen LogP) is 1.23. The van der Waals surface area contributed by atoms with Gasteiger partial charge >= 0.3 is 0 Å². The molecule has 1 aliphatic heterocycles. The lowest BCUT2D eigenvalue weighted by Gasteiger charge is -2.31. The van der Waals surface area contributed by atoms with E-state index in [1.165, 1.54) is 12.8 Å². The summed E-state index contributed by atoms with van der Waals surface area (Å²) in [4.78, 5) is 16.4. The summed E-state index contributed by atoms with van der Waals surface area (Å²) in [5.41, 5.74) is 0.108. The Labute approximate surface area is 103 Å². The van der Waals surface area contributed by atoms with Gasteiger partial charge in [-0.05, 0) is 18.3 Å². The van der Waals surface area contributed by atoms with E-state index in [1.54, 1.807) is 4.90 Å². The Balaban J connectivity index is 2.25. The summed E-state index contributed by atoms with van der Waals surface area (Å²) in [7, 11) is 1.85. The number of rotatable bonds is 2. The molecule has 1 atom stereocenters. The minimum absolute atomic E-state index is 0.108. The topological polar surface area (TPSA) is 47.3 Å². The summed E-state index contributed by atoms with van der Waals surface area (Å²) in [6.45, 7) is 6.08. The van der Waals surface area contributed by atoms with E-state index < -0.39 is 0 Å². The summed E-state index contributed by atoms with van der Waals surface area (Å²) < 4.78 is 0. The van der Waals surface area contributed by atoms with Gasteiger partial charge in [-0.25, -0.2) is 0 Å². The van der Waals surface area contributed by atoms with E-state index in [9.17, 15) is 4.79 Å². The maximum Gasteiger partial charge on any atom is 0.240 e. The fourth-order valence-corrected chi connectivity index (χ4v) is 2.85. The molecule has 0 radical (unpaired) electrons. The molecule has 0 aromatic heterocycles. The van der Waals surface area contributed by atoms with Gasteiger partial charge in [-0.3, -0.25) is 9.69 Å². The van der Waals surface area contributed by atoms with Crippen molar-refractivity contribution in [3.8, 4) is 6.07 Å². The molecule has 1 saturated carbocycles. The largest absolute Gasteiger partial charge is 0.344 e. The van der Waals surface area contributed by atoms with Crippen molar-refractivity contribution in [2.75, 3.05) is 20.1 Å². The Morgan fingerprint density at radius 3 is 2.59 bits per heavy atom. The molecular formula is C13H21N3O. The van der Waals surface area contributed by atoms with Gasteiger partial charge in [0.15, 0.2) is 0 Å². The average molecular weight is 235 g/mol. The van der Waals surface area contributed by atoms with Crippen molar-refractivity contribution in [1.29, 1.82) is 5.26 Å². The van der Waals surface area contributed by atoms with Crippen LogP contribution in [0.5, 0.6) is 0 Å². The molecule has 2 rings (SSSR count). The van der Waals surface area contributed by atoms with Crippen molar-refractivity contribution in [2.45, 2.75) is 45.2 Å². The van der Waals surface area contributed by atoms with Gasteiger partial charge in [-0.1, -0.05) is 13.8 Å². The van der Waals surface area contributed by atoms with E-state index in [1.807, 2.05) is 7.05 Å². The normalized spacial score (nSPS) is 29.9. The molecule has 1 unspecified atom stereocenters. The van der Waals surface area contributed by atoms with Crippen molar-refractivity contribution in [2.24, 2.45) is 5.41 Å². The van der Waals surface area contributed by atoms with Crippen molar-refractivity contribution >= 4 is 5.91 Å². The first-order valence-electron chi connectivity index (χ1n) is 6.32. The number of carbonyl (C=O) groups is 1. The van der Waals surface area contributed by atoms with Crippen LogP contribution in [0.2, 0.25) is 0 Å². The number of hydrogen-bond donors (Lipinski definition) is 0. The second kappa shape index (κ2) is 4.30. The lowest BCUT2D eigenvalue weighted by molar-refractivity contribution is -0.134. The molecule has 0 bridgehead atoms. The quantitative estimate of drug-likeness (QED) is 0.723. The third-order valence-corrected chi connectivity index (χ3v) is 3.64. The Bertz CT molecular complexity index is 354. The van der Waals surface area contributed by atoms with Crippen LogP contribution < -0.4 is 0 Å². The van der Waals surface area contributed by atoms with E-state index in [0.29, 0.717) is 12.5 Å². The molecule has 4 heteroatoms. The number of nitrogens with zero attached hydrogens (tertiary/aromatic N) is 3. The minimum atomic E-state index is -0.223. The first-order chi connectivity index (χ1) is 7.94. The highest BCUT2D eigenvalue weighted by Gasteiger charge is 2.43. The monoisotopic (exact) mass is 235 g/mol. The molecule has 1 aliphatic carbocycles. The van der Waals surface area contributed by atoms with Gasteiger partial charge in [0.25, 0.3) is 0 Å². The number of nitriles is 1. The molecule has 0 N–H and O–H groups in total. The molecule has 4 nitrogen and oxygen atoms in total. The Morgan fingerprint density at radius 2 is 2.06 bits per heavy atom. The molecule has 2 aliphatic rings. The fraction of sp³-hybridized carbons (Fsp3) is 0.846. The van der Waals surface area contributed by atoms with Crippen LogP contribution in [0.4, 0.5) is 0 Å². The van der Waals surface area contributed by atoms with Crippen LogP contribution in [0.1, 0.15) is 33.1 Å². The maximum absolute atomic E-state index is 12.3. The third-order valence-electron chi connectivity index (χ3n) is 3.64. The summed E-state index contributed by atoms with van der Waals surface area (Å²) in [6.07, 6.45) is 2.67. The lowest BCUT2D eigenvalue weighted by atomic mass is 9.92. The zero-order valence-electron chi connectivity index (χ0n) is 10.9. The summed E-state index contributed by atoms with van der Waals surface area (Å²) in [5.74, 6) is 0.115. The third kappa shape index (κ3) is 2.61. The van der Waals surface area contributed by atoms with Crippen LogP contribution in [-0.4, -0.2) is 47.9 Å². The average Bonchev–Trinajstić information content (AvgIpc) is 3.04. The van der Waals surface area contributed by atoms with Crippen molar-refractivity contribution < 1.29 is 4.79 Å². The molecule has 1 heterocycles. The Morgan fingerprint density at radius 1 is 1.41 bits per heavy atom. The zero-order valence-corrected chi connectivity index (χ0v) is 10.9. The zero-order chi connectivity index (χ0) is 12.6. The highest BCUT2D eigenvalue weighted by Crippen LogP contribution is 2.35. The first kappa shape index (κ1) is 12.4. The van der Waals surface area contributed by atoms with Crippen LogP contribution in [0.15, 0.2) is 0 Å². The molecular weight excluding hydrogens is 214 g/mol. The molecule has 0 aromatic rings. The van der Waals surface area contributed by atoms with Gasteiger partial charge in [0, 0.05) is 26.2 Å². The highest BCUT2D eigenvalue weighted by molar-refractivity contribution is 5.82. The van der Waals surface area contributed by atoms with Crippen molar-refractivity contribution in [1.82, 2.24) is 9.80 Å². The van der Waals surface area contributed by atoms with Crippen molar-refractivity contribution in [3.05, 3.63) is 0 Å². The van der Waals surface area contributed by atoms with E-state index in [4.69, 9.17) is 5.26 Å². The standard InChI is InChI=1S/C13H21N3O/c1-13(2)8-15(3)12(17)11(6-7-14)16(9-13)10-4-5-10/h10-11H,4-6,8-9H2,1-3H3. The molecule has 0 spiro atoms. The highest BCUT2D eigenvalue weighted by atomic mass is 16.2. The van der Waals surface area contributed by atoms with Gasteiger partial charge in [-0.15, -0.1) is 0 Å². The summed E-state index contributed by atoms with van der Waals surface area (Å²) in [5, 5.41) is 8.92. The lowest BCUT2D eigenvalue weighted by Crippen LogP contribution is -2.46. The van der Waals surface area contributed by atoms with Crippen LogP contribution in [-0.2, 0) is 4.79 Å². The molecule has 1 amide bonds. The molecule has 0 aromatic carbocycles. The van der Waals surface area contributed by atoms with Crippen molar-refractivity contribution in [3.63, 3.8) is 0 Å². The molecule has 2 fully saturated rings. The van der Waals surface area contributed by atoms with E-state index in [-0.39, 0.29) is 17.4 Å². The number of hydrogen-bond acceptors (Lipinski definition) is 3. The predicted molar refractivity (Wildman–Crippen MR) is 65.2 cm³/mol. The first-order valence-corrected chi connectivity index (χ1v) is 6.32. The smallest absolute Gasteiger partial charge is 0.240 e. The van der Waals surface area contributed by atoms with Gasteiger partial charge in [-0.2, -0.15) is 5.26 Å². The van der Waals surface area contributed by atoms with Gasteiger partial charge < -0.3 is 4.90 Å².